The molecule has 0 aromatic heterocycles. The number of hydrogen-bond acceptors (Lipinski definition) is 3. The smallest absolute Gasteiger partial charge is 0.305 e. The molecule has 1 amide bonds. The largest absolute Gasteiger partial charge is 0.481 e. The number of carbonyl (C=O) groups excluding carboxylic acids is 1. The summed E-state index contributed by atoms with van der Waals surface area (Å²) in [5.74, 6) is -0.812. The Bertz CT molecular complexity index is 385. The zero-order valence-corrected chi connectivity index (χ0v) is 12.4. The van der Waals surface area contributed by atoms with Gasteiger partial charge in [0.1, 0.15) is 0 Å². The lowest BCUT2D eigenvalue weighted by Gasteiger charge is -2.46. The molecule has 0 aromatic rings. The molecule has 0 radical (unpaired) electrons. The summed E-state index contributed by atoms with van der Waals surface area (Å²) in [6.45, 7) is 0. The topological polar surface area (TPSA) is 83.6 Å². The number of carboxylic acid groups (broad SMARTS) is 1. The van der Waals surface area contributed by atoms with E-state index in [0.717, 1.165) is 51.4 Å². The van der Waals surface area contributed by atoms with Gasteiger partial charge in [-0.2, -0.15) is 0 Å². The van der Waals surface area contributed by atoms with Gasteiger partial charge in [-0.05, 0) is 32.1 Å². The van der Waals surface area contributed by atoms with Crippen molar-refractivity contribution in [2.24, 2.45) is 5.73 Å². The maximum absolute atomic E-state index is 12.5. The first-order valence-corrected chi connectivity index (χ1v) is 7.64. The summed E-state index contributed by atoms with van der Waals surface area (Å²) in [4.78, 5) is 25.4. The molecule has 2 rings (SSSR count). The molecule has 0 unspecified atom stereocenters. The Balaban J connectivity index is 2.06. The molecule has 0 aromatic carbocycles. The van der Waals surface area contributed by atoms with Gasteiger partial charge in [0, 0.05) is 19.0 Å². The second-order valence-corrected chi connectivity index (χ2v) is 6.70. The fraction of sp³-hybridized carbons (Fsp3) is 0.867. The van der Waals surface area contributed by atoms with Gasteiger partial charge in [0.2, 0.25) is 5.91 Å². The molecule has 2 saturated carbocycles. The SMILES string of the molecule is CN(C(=O)CC1(N)CCC1)C1(CC(=O)O)CCCCC1. The maximum Gasteiger partial charge on any atom is 0.305 e. The molecule has 5 nitrogen and oxygen atoms in total. The molecule has 0 atom stereocenters. The third-order valence-electron chi connectivity index (χ3n) is 5.20. The van der Waals surface area contributed by atoms with Gasteiger partial charge in [0.05, 0.1) is 12.0 Å². The van der Waals surface area contributed by atoms with Crippen LogP contribution in [0.5, 0.6) is 0 Å². The Morgan fingerprint density at radius 3 is 2.10 bits per heavy atom. The van der Waals surface area contributed by atoms with Crippen molar-refractivity contribution in [3.8, 4) is 0 Å². The summed E-state index contributed by atoms with van der Waals surface area (Å²) in [7, 11) is 1.76. The van der Waals surface area contributed by atoms with Crippen LogP contribution in [0.2, 0.25) is 0 Å². The molecular formula is C15H26N2O3. The minimum absolute atomic E-state index is 0.00958. The van der Waals surface area contributed by atoms with E-state index in [2.05, 4.69) is 0 Å². The van der Waals surface area contributed by atoms with Crippen molar-refractivity contribution in [1.82, 2.24) is 4.90 Å². The van der Waals surface area contributed by atoms with E-state index < -0.39 is 11.5 Å². The number of aliphatic carboxylic acids is 1. The van der Waals surface area contributed by atoms with Crippen molar-refractivity contribution < 1.29 is 14.7 Å². The highest BCUT2D eigenvalue weighted by Gasteiger charge is 2.43. The highest BCUT2D eigenvalue weighted by atomic mass is 16.4. The lowest BCUT2D eigenvalue weighted by atomic mass is 9.74. The number of carboxylic acids is 1. The lowest BCUT2D eigenvalue weighted by Crippen LogP contribution is -2.56. The molecule has 2 fully saturated rings. The van der Waals surface area contributed by atoms with E-state index in [1.807, 2.05) is 0 Å². The van der Waals surface area contributed by atoms with Gasteiger partial charge in [-0.15, -0.1) is 0 Å². The van der Waals surface area contributed by atoms with E-state index in [1.54, 1.807) is 11.9 Å². The first-order valence-electron chi connectivity index (χ1n) is 7.64. The van der Waals surface area contributed by atoms with Crippen molar-refractivity contribution in [3.05, 3.63) is 0 Å². The summed E-state index contributed by atoms with van der Waals surface area (Å²) in [5, 5.41) is 9.19. The zero-order chi connectivity index (χ0) is 14.8. The summed E-state index contributed by atoms with van der Waals surface area (Å²) < 4.78 is 0. The molecule has 20 heavy (non-hydrogen) atoms. The average molecular weight is 282 g/mol. The second kappa shape index (κ2) is 5.72. The number of amides is 1. The third-order valence-corrected chi connectivity index (χ3v) is 5.20. The number of rotatable bonds is 5. The normalized spacial score (nSPS) is 23.7. The average Bonchev–Trinajstić information content (AvgIpc) is 2.36. The molecule has 0 aliphatic heterocycles. The molecule has 3 N–H and O–H groups in total. The van der Waals surface area contributed by atoms with Crippen LogP contribution in [0, 0.1) is 0 Å². The summed E-state index contributed by atoms with van der Waals surface area (Å²) in [5.41, 5.74) is 5.31. The summed E-state index contributed by atoms with van der Waals surface area (Å²) in [6.07, 6.45) is 8.00. The second-order valence-electron chi connectivity index (χ2n) is 6.70. The molecule has 114 valence electrons. The van der Waals surface area contributed by atoms with Crippen LogP contribution in [-0.4, -0.2) is 40.0 Å². The summed E-state index contributed by atoms with van der Waals surface area (Å²) >= 11 is 0. The van der Waals surface area contributed by atoms with E-state index in [1.165, 1.54) is 0 Å². The van der Waals surface area contributed by atoms with Crippen molar-refractivity contribution in [1.29, 1.82) is 0 Å². The van der Waals surface area contributed by atoms with Crippen molar-refractivity contribution >= 4 is 11.9 Å². The predicted octanol–water partition coefficient (Wildman–Crippen LogP) is 1.89. The van der Waals surface area contributed by atoms with E-state index in [9.17, 15) is 14.7 Å². The molecular weight excluding hydrogens is 256 g/mol. The van der Waals surface area contributed by atoms with Gasteiger partial charge in [-0.3, -0.25) is 9.59 Å². The van der Waals surface area contributed by atoms with Crippen molar-refractivity contribution in [2.75, 3.05) is 7.05 Å². The quantitative estimate of drug-likeness (QED) is 0.806. The maximum atomic E-state index is 12.5. The first kappa shape index (κ1) is 15.3. The molecule has 2 aliphatic carbocycles. The van der Waals surface area contributed by atoms with Gasteiger partial charge < -0.3 is 15.7 Å². The fourth-order valence-electron chi connectivity index (χ4n) is 3.61. The van der Waals surface area contributed by atoms with Gasteiger partial charge in [0.25, 0.3) is 0 Å². The lowest BCUT2D eigenvalue weighted by molar-refractivity contribution is -0.146. The molecule has 0 bridgehead atoms. The zero-order valence-electron chi connectivity index (χ0n) is 12.4. The Hall–Kier alpha value is -1.10. The van der Waals surface area contributed by atoms with Crippen LogP contribution in [0.25, 0.3) is 0 Å². The minimum atomic E-state index is -0.822. The Morgan fingerprint density at radius 1 is 1.05 bits per heavy atom. The van der Waals surface area contributed by atoms with Crippen LogP contribution in [0.4, 0.5) is 0 Å². The third kappa shape index (κ3) is 3.14. The molecule has 0 heterocycles. The van der Waals surface area contributed by atoms with Crippen LogP contribution in [0.3, 0.4) is 0 Å². The van der Waals surface area contributed by atoms with E-state index in [4.69, 9.17) is 5.73 Å². The predicted molar refractivity (Wildman–Crippen MR) is 76.2 cm³/mol. The molecule has 0 spiro atoms. The van der Waals surface area contributed by atoms with Crippen LogP contribution in [0.1, 0.15) is 64.2 Å². The van der Waals surface area contributed by atoms with E-state index >= 15 is 0 Å². The minimum Gasteiger partial charge on any atom is -0.481 e. The standard InChI is InChI=1S/C15H26N2O3/c1-17(12(18)10-14(16)6-5-7-14)15(11-13(19)20)8-3-2-4-9-15/h2-11,16H2,1H3,(H,19,20). The van der Waals surface area contributed by atoms with Crippen LogP contribution in [0.15, 0.2) is 0 Å². The Morgan fingerprint density at radius 2 is 1.65 bits per heavy atom. The Labute approximate surface area is 120 Å². The van der Waals surface area contributed by atoms with E-state index in [-0.39, 0.29) is 17.9 Å². The van der Waals surface area contributed by atoms with Crippen LogP contribution in [-0.2, 0) is 9.59 Å². The van der Waals surface area contributed by atoms with Gasteiger partial charge in [0.15, 0.2) is 0 Å². The number of nitrogens with two attached hydrogens (primary N) is 1. The van der Waals surface area contributed by atoms with Crippen molar-refractivity contribution in [2.45, 2.75) is 75.3 Å². The molecule has 2 aliphatic rings. The number of nitrogens with zero attached hydrogens (tertiary/aromatic N) is 1. The van der Waals surface area contributed by atoms with Gasteiger partial charge in [-0.25, -0.2) is 0 Å². The first-order chi connectivity index (χ1) is 9.37. The number of carbonyl (C=O) groups is 2. The van der Waals surface area contributed by atoms with E-state index in [0.29, 0.717) is 6.42 Å². The monoisotopic (exact) mass is 282 g/mol. The number of hydrogen-bond donors (Lipinski definition) is 2. The summed E-state index contributed by atoms with van der Waals surface area (Å²) in [6, 6.07) is 0. The fourth-order valence-corrected chi connectivity index (χ4v) is 3.61. The molecule has 5 heteroatoms. The Kier molecular flexibility index (Phi) is 4.37. The molecule has 0 saturated heterocycles. The van der Waals surface area contributed by atoms with Crippen LogP contribution < -0.4 is 5.73 Å². The van der Waals surface area contributed by atoms with Crippen molar-refractivity contribution in [3.63, 3.8) is 0 Å². The highest BCUT2D eigenvalue weighted by Crippen LogP contribution is 2.38. The highest BCUT2D eigenvalue weighted by molar-refractivity contribution is 5.79. The van der Waals surface area contributed by atoms with Gasteiger partial charge >= 0.3 is 5.97 Å². The van der Waals surface area contributed by atoms with Gasteiger partial charge in [-0.1, -0.05) is 19.3 Å². The van der Waals surface area contributed by atoms with Crippen LogP contribution >= 0.6 is 0 Å².